The van der Waals surface area contributed by atoms with Gasteiger partial charge >= 0.3 is 0 Å². The fourth-order valence-corrected chi connectivity index (χ4v) is 1.60. The molecule has 98 valence electrons. The molecule has 0 radical (unpaired) electrons. The molecule has 0 spiro atoms. The van der Waals surface area contributed by atoms with Crippen LogP contribution in [0.2, 0.25) is 0 Å². The summed E-state index contributed by atoms with van der Waals surface area (Å²) in [7, 11) is 1.77. The Morgan fingerprint density at radius 2 is 2.11 bits per heavy atom. The van der Waals surface area contributed by atoms with Crippen molar-refractivity contribution in [3.63, 3.8) is 0 Å². The van der Waals surface area contributed by atoms with Gasteiger partial charge in [-0.1, -0.05) is 0 Å². The van der Waals surface area contributed by atoms with Crippen LogP contribution in [0.4, 0.5) is 11.5 Å². The average Bonchev–Trinajstić information content (AvgIpc) is 2.41. The number of aryl methyl sites for hydroxylation is 1. The van der Waals surface area contributed by atoms with E-state index in [4.69, 9.17) is 4.74 Å². The third-order valence-corrected chi connectivity index (χ3v) is 2.58. The molecule has 1 N–H and O–H groups in total. The lowest BCUT2D eigenvalue weighted by atomic mass is 10.2. The molecular weight excluding hydrogens is 246 g/mol. The number of hydrogen-bond donors (Lipinski definition) is 1. The molecule has 6 heteroatoms. The number of nitro benzene ring substituents is 1. The smallest absolute Gasteiger partial charge is 0.269 e. The van der Waals surface area contributed by atoms with E-state index in [0.717, 1.165) is 0 Å². The molecule has 0 aliphatic rings. The van der Waals surface area contributed by atoms with Gasteiger partial charge in [-0.05, 0) is 24.6 Å². The predicted octanol–water partition coefficient (Wildman–Crippen LogP) is 3.13. The summed E-state index contributed by atoms with van der Waals surface area (Å²) in [5.74, 6) is 1.90. The number of rotatable bonds is 4. The first-order valence-electron chi connectivity index (χ1n) is 5.67. The number of non-ortho nitro benzene ring substituents is 1. The second kappa shape index (κ2) is 5.34. The monoisotopic (exact) mass is 259 g/mol. The van der Waals surface area contributed by atoms with E-state index in [1.807, 2.05) is 0 Å². The third kappa shape index (κ3) is 2.98. The second-order valence-corrected chi connectivity index (χ2v) is 3.94. The summed E-state index contributed by atoms with van der Waals surface area (Å²) in [6.45, 7) is 1.77. The molecule has 2 rings (SSSR count). The van der Waals surface area contributed by atoms with Gasteiger partial charge in [0, 0.05) is 31.4 Å². The molecule has 0 bridgehead atoms. The van der Waals surface area contributed by atoms with Gasteiger partial charge in [-0.3, -0.25) is 10.1 Å². The van der Waals surface area contributed by atoms with Crippen molar-refractivity contribution in [3.8, 4) is 11.5 Å². The highest BCUT2D eigenvalue weighted by Crippen LogP contribution is 2.28. The van der Waals surface area contributed by atoms with Crippen molar-refractivity contribution in [3.05, 3.63) is 52.2 Å². The number of nitrogens with one attached hydrogen (secondary N) is 1. The number of benzene rings is 1. The Hall–Kier alpha value is -2.63. The summed E-state index contributed by atoms with van der Waals surface area (Å²) in [6.07, 6.45) is 1.63. The highest BCUT2D eigenvalue weighted by atomic mass is 16.6. The Kier molecular flexibility index (Phi) is 3.61. The van der Waals surface area contributed by atoms with Crippen molar-refractivity contribution in [2.45, 2.75) is 6.92 Å². The standard InChI is InChI=1S/C13H13N3O3/c1-9-7-10(16(17)18)3-4-12(9)19-11-5-6-15-13(8-11)14-2/h3-8H,1-2H3,(H,14,15). The minimum atomic E-state index is -0.428. The van der Waals surface area contributed by atoms with Gasteiger partial charge in [0.25, 0.3) is 5.69 Å². The van der Waals surface area contributed by atoms with Crippen molar-refractivity contribution in [1.29, 1.82) is 0 Å². The van der Waals surface area contributed by atoms with E-state index >= 15 is 0 Å². The number of aromatic nitrogens is 1. The van der Waals surface area contributed by atoms with E-state index < -0.39 is 4.92 Å². The van der Waals surface area contributed by atoms with E-state index in [1.54, 1.807) is 38.4 Å². The molecule has 0 atom stereocenters. The summed E-state index contributed by atoms with van der Waals surface area (Å²) in [4.78, 5) is 14.3. The minimum Gasteiger partial charge on any atom is -0.457 e. The maximum absolute atomic E-state index is 10.7. The van der Waals surface area contributed by atoms with Crippen LogP contribution < -0.4 is 10.1 Å². The zero-order valence-electron chi connectivity index (χ0n) is 10.6. The van der Waals surface area contributed by atoms with Crippen LogP contribution in [0.25, 0.3) is 0 Å². The largest absolute Gasteiger partial charge is 0.457 e. The van der Waals surface area contributed by atoms with Gasteiger partial charge in [-0.15, -0.1) is 0 Å². The van der Waals surface area contributed by atoms with E-state index in [2.05, 4.69) is 10.3 Å². The van der Waals surface area contributed by atoms with Crippen LogP contribution in [0.3, 0.4) is 0 Å². The maximum atomic E-state index is 10.7. The zero-order valence-corrected chi connectivity index (χ0v) is 10.6. The van der Waals surface area contributed by atoms with Gasteiger partial charge < -0.3 is 10.1 Å². The molecule has 1 heterocycles. The lowest BCUT2D eigenvalue weighted by Gasteiger charge is -2.09. The number of hydrogen-bond acceptors (Lipinski definition) is 5. The molecule has 0 fully saturated rings. The quantitative estimate of drug-likeness (QED) is 0.674. The number of nitrogens with zero attached hydrogens (tertiary/aromatic N) is 2. The van der Waals surface area contributed by atoms with Crippen molar-refractivity contribution in [2.24, 2.45) is 0 Å². The molecule has 1 aromatic heterocycles. The van der Waals surface area contributed by atoms with E-state index in [-0.39, 0.29) is 5.69 Å². The average molecular weight is 259 g/mol. The van der Waals surface area contributed by atoms with Crippen LogP contribution in [0.15, 0.2) is 36.5 Å². The topological polar surface area (TPSA) is 77.3 Å². The highest BCUT2D eigenvalue weighted by Gasteiger charge is 2.09. The molecule has 1 aromatic carbocycles. The third-order valence-electron chi connectivity index (χ3n) is 2.58. The molecule has 0 saturated carbocycles. The minimum absolute atomic E-state index is 0.0514. The van der Waals surface area contributed by atoms with Gasteiger partial charge in [-0.25, -0.2) is 4.98 Å². The Labute approximate surface area is 110 Å². The summed E-state index contributed by atoms with van der Waals surface area (Å²) in [6, 6.07) is 7.97. The first-order valence-corrected chi connectivity index (χ1v) is 5.67. The lowest BCUT2D eigenvalue weighted by Crippen LogP contribution is -1.94. The highest BCUT2D eigenvalue weighted by molar-refractivity contribution is 5.46. The van der Waals surface area contributed by atoms with Crippen molar-refractivity contribution in [2.75, 3.05) is 12.4 Å². The Morgan fingerprint density at radius 3 is 2.74 bits per heavy atom. The van der Waals surface area contributed by atoms with Crippen LogP contribution in [0, 0.1) is 17.0 Å². The van der Waals surface area contributed by atoms with Crippen LogP contribution >= 0.6 is 0 Å². The molecule has 0 unspecified atom stereocenters. The van der Waals surface area contributed by atoms with E-state index in [9.17, 15) is 10.1 Å². The van der Waals surface area contributed by atoms with Crippen LogP contribution in [-0.2, 0) is 0 Å². The molecule has 2 aromatic rings. The molecule has 0 amide bonds. The number of pyridine rings is 1. The first kappa shape index (κ1) is 12.8. The van der Waals surface area contributed by atoms with Crippen LogP contribution in [-0.4, -0.2) is 17.0 Å². The first-order chi connectivity index (χ1) is 9.10. The molecular formula is C13H13N3O3. The van der Waals surface area contributed by atoms with Gasteiger partial charge in [0.2, 0.25) is 0 Å². The molecule has 0 saturated heterocycles. The van der Waals surface area contributed by atoms with Gasteiger partial charge in [0.15, 0.2) is 0 Å². The Bertz CT molecular complexity index is 614. The summed E-state index contributed by atoms with van der Waals surface area (Å²) < 4.78 is 5.68. The van der Waals surface area contributed by atoms with E-state index in [1.165, 1.54) is 12.1 Å². The summed E-state index contributed by atoms with van der Waals surface area (Å²) in [5, 5.41) is 13.6. The van der Waals surface area contributed by atoms with Crippen LogP contribution in [0.1, 0.15) is 5.56 Å². The maximum Gasteiger partial charge on any atom is 0.269 e. The fourth-order valence-electron chi connectivity index (χ4n) is 1.60. The number of anilines is 1. The molecule has 0 aliphatic heterocycles. The van der Waals surface area contributed by atoms with Crippen LogP contribution in [0.5, 0.6) is 11.5 Å². The normalized spacial score (nSPS) is 10.0. The van der Waals surface area contributed by atoms with E-state index in [0.29, 0.717) is 22.9 Å². The second-order valence-electron chi connectivity index (χ2n) is 3.94. The zero-order chi connectivity index (χ0) is 13.8. The SMILES string of the molecule is CNc1cc(Oc2ccc([N+](=O)[O-])cc2C)ccn1. The summed E-state index contributed by atoms with van der Waals surface area (Å²) >= 11 is 0. The number of ether oxygens (including phenoxy) is 1. The molecule has 6 nitrogen and oxygen atoms in total. The van der Waals surface area contributed by atoms with Crippen molar-refractivity contribution < 1.29 is 9.66 Å². The van der Waals surface area contributed by atoms with Crippen molar-refractivity contribution in [1.82, 2.24) is 4.98 Å². The Balaban J connectivity index is 2.25. The summed E-state index contributed by atoms with van der Waals surface area (Å²) in [5.41, 5.74) is 0.757. The Morgan fingerprint density at radius 1 is 1.32 bits per heavy atom. The fraction of sp³-hybridized carbons (Fsp3) is 0.154. The molecule has 19 heavy (non-hydrogen) atoms. The van der Waals surface area contributed by atoms with Gasteiger partial charge in [0.1, 0.15) is 17.3 Å². The molecule has 0 aliphatic carbocycles. The lowest BCUT2D eigenvalue weighted by molar-refractivity contribution is -0.384. The van der Waals surface area contributed by atoms with Gasteiger partial charge in [-0.2, -0.15) is 0 Å². The number of nitro groups is 1. The predicted molar refractivity (Wildman–Crippen MR) is 71.7 cm³/mol. The van der Waals surface area contributed by atoms with Gasteiger partial charge in [0.05, 0.1) is 4.92 Å². The van der Waals surface area contributed by atoms with Crippen molar-refractivity contribution >= 4 is 11.5 Å².